The molecule has 308 valence electrons. The Balaban J connectivity index is 1.35. The predicted molar refractivity (Wildman–Crippen MR) is 211 cm³/mol. The van der Waals surface area contributed by atoms with E-state index in [1.807, 2.05) is 17.5 Å². The molecule has 3 fully saturated rings. The first-order valence-corrected chi connectivity index (χ1v) is 20.9. The van der Waals surface area contributed by atoms with Crippen LogP contribution in [0.25, 0.3) is 21.6 Å². The van der Waals surface area contributed by atoms with Gasteiger partial charge >= 0.3 is 12.1 Å². The second kappa shape index (κ2) is 15.3. The largest absolute Gasteiger partial charge is 0.493 e. The number of hydrogen-bond donors (Lipinski definition) is 3. The zero-order valence-corrected chi connectivity index (χ0v) is 34.8. The van der Waals surface area contributed by atoms with E-state index in [1.54, 1.807) is 53.7 Å². The van der Waals surface area contributed by atoms with E-state index in [9.17, 15) is 27.6 Å². The molecule has 17 nitrogen and oxygen atoms in total. The average molecular weight is 828 g/mol. The maximum Gasteiger partial charge on any atom is 0.426 e. The summed E-state index contributed by atoms with van der Waals surface area (Å²) in [5.74, 6) is -1.17. The van der Waals surface area contributed by atoms with E-state index >= 15 is 0 Å². The van der Waals surface area contributed by atoms with Crippen molar-refractivity contribution in [1.29, 1.82) is 0 Å². The molecule has 3 aromatic rings. The van der Waals surface area contributed by atoms with Gasteiger partial charge in [0.1, 0.15) is 29.0 Å². The van der Waals surface area contributed by atoms with Gasteiger partial charge in [-0.15, -0.1) is 17.9 Å². The number of hydrazine groups is 1. The Kier molecular flexibility index (Phi) is 11.1. The molecule has 5 amide bonds. The number of methoxy groups -OCH3 is 2. The highest BCUT2D eigenvalue weighted by atomic mass is 32.2. The van der Waals surface area contributed by atoms with Crippen molar-refractivity contribution in [2.24, 2.45) is 5.92 Å². The van der Waals surface area contributed by atoms with Crippen LogP contribution in [0, 0.1) is 5.92 Å². The third kappa shape index (κ3) is 8.88. The minimum absolute atomic E-state index is 0.0750. The van der Waals surface area contributed by atoms with E-state index in [1.165, 1.54) is 36.5 Å². The number of aromatic nitrogens is 2. The lowest BCUT2D eigenvalue weighted by Crippen LogP contribution is -2.63. The smallest absolute Gasteiger partial charge is 0.426 e. The maximum atomic E-state index is 14.6. The molecule has 2 unspecified atom stereocenters. The third-order valence-electron chi connectivity index (χ3n) is 9.69. The molecule has 19 heteroatoms. The molecule has 3 heterocycles. The number of benzene rings is 1. The third-order valence-corrected chi connectivity index (χ3v) is 12.4. The number of fused-ring (bicyclic) bond motifs is 1. The van der Waals surface area contributed by atoms with E-state index in [0.29, 0.717) is 41.1 Å². The summed E-state index contributed by atoms with van der Waals surface area (Å²) >= 11 is 1.41. The number of nitrogens with one attached hydrogen (secondary N) is 3. The van der Waals surface area contributed by atoms with Crippen LogP contribution >= 0.6 is 11.3 Å². The molecule has 3 N–H and O–H groups in total. The second-order valence-corrected chi connectivity index (χ2v) is 19.2. The molecular formula is C38H49N7O10S2. The SMILES string of the molecule is C=C[C@@H]1CC1(NC(=O)[C@@H]1CC(Oc2nc3cc(OC)c(OC)cc3nc2-c2cccs2)CN1C(=O)N(NC(=O)OC(C)(C)C)C(C)(C)C)C(=O)NS(=O)(=O)C1CC1. The summed E-state index contributed by atoms with van der Waals surface area (Å²) < 4.78 is 50.7. The molecular weight excluding hydrogens is 779 g/mol. The number of thiophene rings is 1. The van der Waals surface area contributed by atoms with E-state index < -0.39 is 74.0 Å². The number of sulfonamides is 1. The fourth-order valence-corrected chi connectivity index (χ4v) is 8.64. The van der Waals surface area contributed by atoms with Crippen molar-refractivity contribution in [2.45, 2.75) is 101 Å². The van der Waals surface area contributed by atoms with E-state index in [4.69, 9.17) is 28.9 Å². The Morgan fingerprint density at radius 2 is 1.68 bits per heavy atom. The highest BCUT2D eigenvalue weighted by Gasteiger charge is 2.62. The van der Waals surface area contributed by atoms with Crippen LogP contribution in [0.1, 0.15) is 67.2 Å². The highest BCUT2D eigenvalue weighted by Crippen LogP contribution is 2.46. The second-order valence-electron chi connectivity index (χ2n) is 16.3. The van der Waals surface area contributed by atoms with Gasteiger partial charge in [-0.05, 0) is 72.3 Å². The fourth-order valence-electron chi connectivity index (χ4n) is 6.57. The Bertz CT molecular complexity index is 2180. The molecule has 4 atom stereocenters. The molecule has 2 aromatic heterocycles. The van der Waals surface area contributed by atoms with E-state index in [0.717, 1.165) is 9.89 Å². The van der Waals surface area contributed by atoms with Gasteiger partial charge in [0.05, 0.1) is 47.5 Å². The molecule has 1 saturated heterocycles. The van der Waals surface area contributed by atoms with Crippen molar-refractivity contribution in [3.63, 3.8) is 0 Å². The molecule has 6 rings (SSSR count). The number of rotatable bonds is 11. The standard InChI is InChI=1S/C38H49N7O10S2/c1-10-21-19-38(21,33(47)43-57(50,51)23-13-14-23)41-31(46)26-16-22(20-44(26)35(49)45(36(2,3)4)42-34(48)55-37(5,6)7)54-32-30(29-12-11-15-56-29)39-24-17-27(52-8)28(53-9)18-25(24)40-32/h10-12,15,17-18,21-23,26H,1,13-14,16,19-20H2,2-9H3,(H,41,46)(H,42,48)(H,43,47)/t21-,22?,26+,38?/m1/s1. The van der Waals surface area contributed by atoms with Crippen molar-refractivity contribution in [3.8, 4) is 28.0 Å². The number of likely N-dealkylation sites (tertiary alicyclic amines) is 1. The van der Waals surface area contributed by atoms with Gasteiger partial charge in [-0.2, -0.15) is 0 Å². The van der Waals surface area contributed by atoms with Gasteiger partial charge in [-0.1, -0.05) is 12.1 Å². The minimum Gasteiger partial charge on any atom is -0.493 e. The van der Waals surface area contributed by atoms with E-state index in [2.05, 4.69) is 22.0 Å². The number of hydrogen-bond acceptors (Lipinski definition) is 13. The summed E-state index contributed by atoms with van der Waals surface area (Å²) in [4.78, 5) is 67.3. The number of carbonyl (C=O) groups is 4. The molecule has 0 bridgehead atoms. The number of amides is 5. The van der Waals surface area contributed by atoms with Crippen LogP contribution in [0.3, 0.4) is 0 Å². The summed E-state index contributed by atoms with van der Waals surface area (Å²) in [6.07, 6.45) is 0.640. The molecule has 0 radical (unpaired) electrons. The first-order valence-electron chi connectivity index (χ1n) is 18.4. The molecule has 57 heavy (non-hydrogen) atoms. The molecule has 1 aromatic carbocycles. The van der Waals surface area contributed by atoms with Gasteiger partial charge in [-0.3, -0.25) is 14.3 Å². The van der Waals surface area contributed by atoms with Gasteiger partial charge < -0.3 is 29.2 Å². The van der Waals surface area contributed by atoms with Crippen molar-refractivity contribution in [3.05, 3.63) is 42.3 Å². The Morgan fingerprint density at radius 1 is 1.04 bits per heavy atom. The lowest BCUT2D eigenvalue weighted by atomic mass is 10.1. The van der Waals surface area contributed by atoms with Crippen LogP contribution in [0.15, 0.2) is 42.3 Å². The molecule has 1 aliphatic heterocycles. The number of urea groups is 1. The normalized spacial score (nSPS) is 22.0. The van der Waals surface area contributed by atoms with Gasteiger partial charge in [0, 0.05) is 24.5 Å². The van der Waals surface area contributed by atoms with Crippen molar-refractivity contribution >= 4 is 56.3 Å². The number of ether oxygens (including phenoxy) is 4. The maximum absolute atomic E-state index is 14.6. The summed E-state index contributed by atoms with van der Waals surface area (Å²) in [5, 5.41) is 5.06. The van der Waals surface area contributed by atoms with Crippen LogP contribution in [-0.2, 0) is 24.3 Å². The first kappa shape index (κ1) is 41.5. The van der Waals surface area contributed by atoms with Crippen molar-refractivity contribution in [2.75, 3.05) is 20.8 Å². The first-order chi connectivity index (χ1) is 26.7. The lowest BCUT2D eigenvalue weighted by Gasteiger charge is -2.39. The molecule has 2 saturated carbocycles. The van der Waals surface area contributed by atoms with Gasteiger partial charge in [0.25, 0.3) is 5.91 Å². The number of carbonyl (C=O) groups excluding carboxylic acids is 4. The summed E-state index contributed by atoms with van der Waals surface area (Å²) in [6, 6.07) is 5.06. The van der Waals surface area contributed by atoms with Gasteiger partial charge in [0.15, 0.2) is 11.5 Å². The topological polar surface area (TPSA) is 208 Å². The monoisotopic (exact) mass is 827 g/mol. The minimum atomic E-state index is -3.94. The summed E-state index contributed by atoms with van der Waals surface area (Å²) in [5.41, 5.74) is 0.386. The Morgan fingerprint density at radius 3 is 2.21 bits per heavy atom. The van der Waals surface area contributed by atoms with Gasteiger partial charge in [-0.25, -0.2) is 38.4 Å². The quantitative estimate of drug-likeness (QED) is 0.180. The van der Waals surface area contributed by atoms with Gasteiger partial charge in [0.2, 0.25) is 21.8 Å². The zero-order chi connectivity index (χ0) is 41.7. The van der Waals surface area contributed by atoms with Crippen molar-refractivity contribution < 1.29 is 46.5 Å². The summed E-state index contributed by atoms with van der Waals surface area (Å²) in [6.45, 7) is 13.8. The summed E-state index contributed by atoms with van der Waals surface area (Å²) in [7, 11) is -0.920. The highest BCUT2D eigenvalue weighted by molar-refractivity contribution is 7.91. The Hall–Kier alpha value is -5.17. The van der Waals surface area contributed by atoms with Crippen LogP contribution in [0.2, 0.25) is 0 Å². The van der Waals surface area contributed by atoms with Crippen LogP contribution in [0.5, 0.6) is 17.4 Å². The predicted octanol–water partition coefficient (Wildman–Crippen LogP) is 4.53. The number of nitrogens with zero attached hydrogens (tertiary/aromatic N) is 4. The average Bonchev–Trinajstić information content (AvgIpc) is 4.00. The van der Waals surface area contributed by atoms with Crippen molar-refractivity contribution in [1.82, 2.24) is 35.3 Å². The van der Waals surface area contributed by atoms with Crippen LogP contribution < -0.4 is 29.7 Å². The van der Waals surface area contributed by atoms with Crippen LogP contribution in [0.4, 0.5) is 9.59 Å². The van der Waals surface area contributed by atoms with E-state index in [-0.39, 0.29) is 25.3 Å². The zero-order valence-electron chi connectivity index (χ0n) is 33.2. The lowest BCUT2D eigenvalue weighted by molar-refractivity contribution is -0.131. The van der Waals surface area contributed by atoms with Crippen LogP contribution in [-0.4, -0.2) is 107 Å². The molecule has 2 aliphatic carbocycles. The fraction of sp³-hybridized carbons (Fsp3) is 0.526. The molecule has 0 spiro atoms. The molecule has 3 aliphatic rings. The Labute approximate surface area is 335 Å².